The van der Waals surface area contributed by atoms with Gasteiger partial charge in [0.2, 0.25) is 17.7 Å². The number of carbonyl (C=O) groups excluding carboxylic acids is 3. The smallest absolute Gasteiger partial charge is 0.246 e. The van der Waals surface area contributed by atoms with Gasteiger partial charge in [0.05, 0.1) is 12.0 Å². The Morgan fingerprint density at radius 2 is 1.87 bits per heavy atom. The number of hydrogen-bond acceptors (Lipinski definition) is 5. The minimum Gasteiger partial charge on any atom is -0.508 e. The summed E-state index contributed by atoms with van der Waals surface area (Å²) in [6, 6.07) is 5.14. The molecule has 0 bridgehead atoms. The average molecular weight is 429 g/mol. The molecule has 8 nitrogen and oxygen atoms in total. The maximum atomic E-state index is 13.4. The molecule has 0 saturated carbocycles. The van der Waals surface area contributed by atoms with Crippen LogP contribution in [0, 0.1) is 5.92 Å². The van der Waals surface area contributed by atoms with E-state index in [9.17, 15) is 19.5 Å². The highest BCUT2D eigenvalue weighted by molar-refractivity contribution is 5.99. The number of fused-ring (bicyclic) bond motifs is 2. The van der Waals surface area contributed by atoms with Gasteiger partial charge in [-0.1, -0.05) is 12.1 Å². The third kappa shape index (κ3) is 4.13. The normalized spacial score (nSPS) is 27.6. The Balaban J connectivity index is 1.55. The fourth-order valence-electron chi connectivity index (χ4n) is 5.24. The van der Waals surface area contributed by atoms with E-state index >= 15 is 0 Å². The zero-order chi connectivity index (χ0) is 22.1. The van der Waals surface area contributed by atoms with Gasteiger partial charge in [0.1, 0.15) is 17.8 Å². The van der Waals surface area contributed by atoms with Crippen LogP contribution in [0.15, 0.2) is 24.3 Å². The number of aromatic hydroxyl groups is 1. The van der Waals surface area contributed by atoms with Gasteiger partial charge in [0.25, 0.3) is 0 Å². The summed E-state index contributed by atoms with van der Waals surface area (Å²) in [4.78, 5) is 45.2. The summed E-state index contributed by atoms with van der Waals surface area (Å²) in [5.41, 5.74) is 0.778. The van der Waals surface area contributed by atoms with Gasteiger partial charge in [0.15, 0.2) is 0 Å². The van der Waals surface area contributed by atoms with Crippen molar-refractivity contribution in [2.75, 3.05) is 33.7 Å². The number of hydrogen-bond donors (Lipinski definition) is 2. The third-order valence-electron chi connectivity index (χ3n) is 6.76. The van der Waals surface area contributed by atoms with Crippen LogP contribution >= 0.6 is 0 Å². The number of phenolic OH excluding ortho intramolecular Hbond substituents is 1. The average Bonchev–Trinajstić information content (AvgIpc) is 3.38. The molecule has 31 heavy (non-hydrogen) atoms. The Morgan fingerprint density at radius 3 is 2.58 bits per heavy atom. The molecule has 3 aliphatic heterocycles. The first kappa shape index (κ1) is 21.6. The first-order valence-corrected chi connectivity index (χ1v) is 11.2. The molecule has 168 valence electrons. The van der Waals surface area contributed by atoms with Gasteiger partial charge in [-0.2, -0.15) is 0 Å². The van der Waals surface area contributed by atoms with E-state index < -0.39 is 24.0 Å². The van der Waals surface area contributed by atoms with Crippen molar-refractivity contribution in [2.45, 2.75) is 50.2 Å². The number of nitrogens with one attached hydrogen (secondary N) is 1. The monoisotopic (exact) mass is 428 g/mol. The molecular weight excluding hydrogens is 396 g/mol. The summed E-state index contributed by atoms with van der Waals surface area (Å²) >= 11 is 0. The zero-order valence-electron chi connectivity index (χ0n) is 18.3. The summed E-state index contributed by atoms with van der Waals surface area (Å²) in [7, 11) is 4.05. The minimum absolute atomic E-state index is 0.0350. The van der Waals surface area contributed by atoms with Gasteiger partial charge in [-0.05, 0) is 70.4 Å². The maximum absolute atomic E-state index is 13.4. The Labute approximate surface area is 183 Å². The SMILES string of the molecule is CN(C)CCCCNC(=O)[C@H]1C[C@H]2C(=O)N3CCC[C@H]3C(=O)N2[C@H]1c1ccc(O)cc1. The number of amides is 3. The van der Waals surface area contributed by atoms with E-state index in [4.69, 9.17) is 0 Å². The first-order chi connectivity index (χ1) is 14.9. The predicted octanol–water partition coefficient (Wildman–Crippen LogP) is 1.11. The zero-order valence-corrected chi connectivity index (χ0v) is 18.3. The summed E-state index contributed by atoms with van der Waals surface area (Å²) in [6.07, 6.45) is 3.72. The van der Waals surface area contributed by atoms with Crippen molar-refractivity contribution in [3.8, 4) is 5.75 Å². The van der Waals surface area contributed by atoms with E-state index in [1.54, 1.807) is 34.1 Å². The Morgan fingerprint density at radius 1 is 1.13 bits per heavy atom. The quantitative estimate of drug-likeness (QED) is 0.635. The summed E-state index contributed by atoms with van der Waals surface area (Å²) < 4.78 is 0. The van der Waals surface area contributed by atoms with Gasteiger partial charge in [-0.3, -0.25) is 14.4 Å². The highest BCUT2D eigenvalue weighted by Gasteiger charge is 2.57. The Bertz CT molecular complexity index is 840. The van der Waals surface area contributed by atoms with Gasteiger partial charge in [0, 0.05) is 13.1 Å². The second kappa shape index (κ2) is 8.86. The van der Waals surface area contributed by atoms with Crippen LogP contribution in [0.1, 0.15) is 43.7 Å². The van der Waals surface area contributed by atoms with Crippen LogP contribution in [0.3, 0.4) is 0 Å². The van der Waals surface area contributed by atoms with Crippen LogP contribution in [0.25, 0.3) is 0 Å². The molecule has 1 aromatic carbocycles. The molecule has 1 aromatic rings. The van der Waals surface area contributed by atoms with Crippen LogP contribution in [0.5, 0.6) is 5.75 Å². The van der Waals surface area contributed by atoms with E-state index in [2.05, 4.69) is 10.2 Å². The van der Waals surface area contributed by atoms with Crippen molar-refractivity contribution in [2.24, 2.45) is 5.92 Å². The highest BCUT2D eigenvalue weighted by atomic mass is 16.3. The Kier molecular flexibility index (Phi) is 6.18. The van der Waals surface area contributed by atoms with Gasteiger partial charge in [-0.15, -0.1) is 0 Å². The maximum Gasteiger partial charge on any atom is 0.246 e. The topological polar surface area (TPSA) is 93.2 Å². The number of carbonyl (C=O) groups is 3. The Hall–Kier alpha value is -2.61. The van der Waals surface area contributed by atoms with Crippen molar-refractivity contribution >= 4 is 17.7 Å². The second-order valence-corrected chi connectivity index (χ2v) is 9.13. The predicted molar refractivity (Wildman–Crippen MR) is 115 cm³/mol. The molecule has 0 aromatic heterocycles. The molecule has 4 atom stereocenters. The number of unbranched alkanes of at least 4 members (excludes halogenated alkanes) is 1. The number of benzene rings is 1. The molecule has 3 saturated heterocycles. The molecule has 2 N–H and O–H groups in total. The largest absolute Gasteiger partial charge is 0.508 e. The van der Waals surface area contributed by atoms with Gasteiger partial charge < -0.3 is 25.1 Å². The van der Waals surface area contributed by atoms with Gasteiger partial charge in [-0.25, -0.2) is 0 Å². The molecular formula is C23H32N4O4. The summed E-state index contributed by atoms with van der Waals surface area (Å²) in [6.45, 7) is 2.16. The molecule has 3 aliphatic rings. The lowest BCUT2D eigenvalue weighted by Crippen LogP contribution is -2.60. The lowest BCUT2D eigenvalue weighted by Gasteiger charge is -2.41. The van der Waals surface area contributed by atoms with Gasteiger partial charge >= 0.3 is 0 Å². The van der Waals surface area contributed by atoms with E-state index in [0.29, 0.717) is 25.9 Å². The molecule has 0 aliphatic carbocycles. The minimum atomic E-state index is -0.592. The van der Waals surface area contributed by atoms with Crippen LogP contribution in [-0.2, 0) is 14.4 Å². The molecule has 0 unspecified atom stereocenters. The number of piperazine rings is 1. The first-order valence-electron chi connectivity index (χ1n) is 11.2. The molecule has 3 heterocycles. The molecule has 3 amide bonds. The number of rotatable bonds is 7. The van der Waals surface area contributed by atoms with Crippen molar-refractivity contribution in [3.05, 3.63) is 29.8 Å². The third-order valence-corrected chi connectivity index (χ3v) is 6.76. The van der Waals surface area contributed by atoms with E-state index in [0.717, 1.165) is 31.4 Å². The van der Waals surface area contributed by atoms with Crippen molar-refractivity contribution in [3.63, 3.8) is 0 Å². The van der Waals surface area contributed by atoms with Crippen LogP contribution in [-0.4, -0.2) is 83.3 Å². The summed E-state index contributed by atoms with van der Waals surface area (Å²) in [5.74, 6) is -0.564. The van der Waals surface area contributed by atoms with Crippen molar-refractivity contribution < 1.29 is 19.5 Å². The van der Waals surface area contributed by atoms with E-state index in [-0.39, 0.29) is 23.5 Å². The lowest BCUT2D eigenvalue weighted by molar-refractivity contribution is -0.159. The lowest BCUT2D eigenvalue weighted by atomic mass is 9.92. The van der Waals surface area contributed by atoms with Crippen LogP contribution < -0.4 is 5.32 Å². The van der Waals surface area contributed by atoms with Crippen LogP contribution in [0.2, 0.25) is 0 Å². The van der Waals surface area contributed by atoms with E-state index in [1.165, 1.54) is 0 Å². The molecule has 0 radical (unpaired) electrons. The fraction of sp³-hybridized carbons (Fsp3) is 0.609. The second-order valence-electron chi connectivity index (χ2n) is 9.13. The highest BCUT2D eigenvalue weighted by Crippen LogP contribution is 2.46. The number of nitrogens with zero attached hydrogens (tertiary/aromatic N) is 3. The number of phenols is 1. The summed E-state index contributed by atoms with van der Waals surface area (Å²) in [5, 5.41) is 12.7. The van der Waals surface area contributed by atoms with Crippen molar-refractivity contribution in [1.82, 2.24) is 20.0 Å². The van der Waals surface area contributed by atoms with E-state index in [1.807, 2.05) is 14.1 Å². The molecule has 3 fully saturated rings. The standard InChI is InChI=1S/C23H32N4O4/c1-25(2)12-4-3-11-24-21(29)17-14-19-22(30)26-13-5-6-18(26)23(31)27(19)20(17)15-7-9-16(28)10-8-15/h7-10,17-20,28H,3-6,11-14H2,1-2H3,(H,24,29)/t17-,18-,19-,20-/m0/s1. The fourth-order valence-corrected chi connectivity index (χ4v) is 5.24. The molecule has 8 heteroatoms. The van der Waals surface area contributed by atoms with Crippen molar-refractivity contribution in [1.29, 1.82) is 0 Å². The molecule has 0 spiro atoms. The molecule has 4 rings (SSSR count). The van der Waals surface area contributed by atoms with Crippen LogP contribution in [0.4, 0.5) is 0 Å².